The van der Waals surface area contributed by atoms with Gasteiger partial charge in [0.1, 0.15) is 11.4 Å². The molecule has 3 heterocycles. The molecule has 0 unspecified atom stereocenters. The van der Waals surface area contributed by atoms with Gasteiger partial charge in [0.05, 0.1) is 35.0 Å². The van der Waals surface area contributed by atoms with E-state index in [1.165, 1.54) is 7.11 Å². The first-order chi connectivity index (χ1) is 15.8. The molecule has 170 valence electrons. The Morgan fingerprint density at radius 1 is 1.24 bits per heavy atom. The van der Waals surface area contributed by atoms with Gasteiger partial charge in [-0.15, -0.1) is 0 Å². The smallest absolute Gasteiger partial charge is 0.199 e. The molecule has 0 radical (unpaired) electrons. The number of ether oxygens (including phenoxy) is 1. The van der Waals surface area contributed by atoms with Crippen molar-refractivity contribution in [2.45, 2.75) is 38.6 Å². The van der Waals surface area contributed by atoms with Crippen LogP contribution in [0.5, 0.6) is 5.75 Å². The van der Waals surface area contributed by atoms with Crippen LogP contribution in [-0.4, -0.2) is 32.9 Å². The number of benzene rings is 2. The van der Waals surface area contributed by atoms with E-state index in [-0.39, 0.29) is 23.2 Å². The van der Waals surface area contributed by atoms with Crippen LogP contribution in [0.4, 0.5) is 4.39 Å². The van der Waals surface area contributed by atoms with Gasteiger partial charge in [0.2, 0.25) is 0 Å². The highest BCUT2D eigenvalue weighted by Gasteiger charge is 2.29. The average Bonchev–Trinajstić information content (AvgIpc) is 3.18. The summed E-state index contributed by atoms with van der Waals surface area (Å²) in [4.78, 5) is 17.0. The Hall–Kier alpha value is -2.64. The van der Waals surface area contributed by atoms with Crippen LogP contribution in [0.2, 0.25) is 0 Å². The number of methoxy groups -OCH3 is 1. The lowest BCUT2D eigenvalue weighted by atomic mass is 9.88. The van der Waals surface area contributed by atoms with Crippen molar-refractivity contribution in [2.75, 3.05) is 20.2 Å². The van der Waals surface area contributed by atoms with Gasteiger partial charge in [-0.25, -0.2) is 7.50 Å². The number of rotatable bonds is 3. The highest BCUT2D eigenvalue weighted by molar-refractivity contribution is 14.1. The van der Waals surface area contributed by atoms with Gasteiger partial charge in [0.15, 0.2) is 11.2 Å². The van der Waals surface area contributed by atoms with Crippen molar-refractivity contribution >= 4 is 55.7 Å². The molecule has 1 aliphatic rings. The van der Waals surface area contributed by atoms with Crippen molar-refractivity contribution < 1.29 is 9.13 Å². The molecule has 0 bridgehead atoms. The topological polar surface area (TPSA) is 74.0 Å². The number of nitrogens with zero attached hydrogens (tertiary/aromatic N) is 3. The largest absolute Gasteiger partial charge is 0.496 e. The van der Waals surface area contributed by atoms with Gasteiger partial charge >= 0.3 is 0 Å². The number of fused-ring (bicyclic) bond motifs is 4. The van der Waals surface area contributed by atoms with Gasteiger partial charge < -0.3 is 14.3 Å². The molecule has 2 aromatic carbocycles. The maximum atomic E-state index is 16.4. The number of halogens is 2. The van der Waals surface area contributed by atoms with Crippen molar-refractivity contribution in [1.82, 2.24) is 12.7 Å². The van der Waals surface area contributed by atoms with E-state index in [9.17, 15) is 10.1 Å². The van der Waals surface area contributed by atoms with Crippen molar-refractivity contribution in [3.8, 4) is 11.8 Å². The van der Waals surface area contributed by atoms with E-state index in [2.05, 4.69) is 37.0 Å². The third kappa shape index (κ3) is 3.40. The first-order valence-corrected chi connectivity index (χ1v) is 12.0. The number of hydrogen-bond donors (Lipinski definition) is 1. The molecule has 1 fully saturated rings. The van der Waals surface area contributed by atoms with E-state index in [0.717, 1.165) is 31.3 Å². The van der Waals surface area contributed by atoms with Crippen molar-refractivity contribution in [1.29, 1.82) is 5.26 Å². The maximum absolute atomic E-state index is 16.4. The summed E-state index contributed by atoms with van der Waals surface area (Å²) in [5, 5.41) is 10.8. The Labute approximate surface area is 204 Å². The summed E-state index contributed by atoms with van der Waals surface area (Å²) in [6.07, 6.45) is 1.67. The molecule has 0 amide bonds. The lowest BCUT2D eigenvalue weighted by Gasteiger charge is -2.29. The Bertz CT molecular complexity index is 1510. The second-order valence-corrected chi connectivity index (χ2v) is 10.3. The van der Waals surface area contributed by atoms with Crippen LogP contribution in [0.15, 0.2) is 29.1 Å². The van der Waals surface area contributed by atoms with Crippen LogP contribution in [0.25, 0.3) is 32.8 Å². The Morgan fingerprint density at radius 3 is 2.61 bits per heavy atom. The molecule has 1 saturated heterocycles. The zero-order chi connectivity index (χ0) is 23.4. The van der Waals surface area contributed by atoms with E-state index in [0.29, 0.717) is 44.3 Å². The Kier molecular flexibility index (Phi) is 5.57. The lowest BCUT2D eigenvalue weighted by molar-refractivity contribution is 0.345. The second kappa shape index (κ2) is 8.29. The Morgan fingerprint density at radius 2 is 1.97 bits per heavy atom. The summed E-state index contributed by atoms with van der Waals surface area (Å²) in [7, 11) is 1.53. The SMILES string of the molecule is COc1cc2c(=O)c3c4ccc(C#N)cc4[nH]c3n(C(C)C)c2c(F)c1C1CCN(I)CC1. The minimum Gasteiger partial charge on any atom is -0.496 e. The van der Waals surface area contributed by atoms with E-state index in [4.69, 9.17) is 4.74 Å². The lowest BCUT2D eigenvalue weighted by Crippen LogP contribution is -2.26. The van der Waals surface area contributed by atoms with Gasteiger partial charge in [-0.2, -0.15) is 5.26 Å². The molecule has 4 aromatic rings. The summed E-state index contributed by atoms with van der Waals surface area (Å²) in [6, 6.07) is 8.95. The molecule has 6 nitrogen and oxygen atoms in total. The molecule has 33 heavy (non-hydrogen) atoms. The highest BCUT2D eigenvalue weighted by atomic mass is 127. The van der Waals surface area contributed by atoms with Crippen LogP contribution in [-0.2, 0) is 0 Å². The average molecular weight is 558 g/mol. The van der Waals surface area contributed by atoms with Crippen LogP contribution < -0.4 is 10.2 Å². The molecule has 0 atom stereocenters. The van der Waals surface area contributed by atoms with Crippen LogP contribution >= 0.6 is 22.9 Å². The number of aromatic nitrogens is 2. The third-order valence-corrected chi connectivity index (χ3v) is 7.65. The minimum atomic E-state index is -0.375. The number of nitriles is 1. The molecule has 1 aliphatic heterocycles. The summed E-state index contributed by atoms with van der Waals surface area (Å²) in [5.41, 5.74) is 2.39. The predicted octanol–water partition coefficient (Wildman–Crippen LogP) is 5.77. The molecule has 0 saturated carbocycles. The van der Waals surface area contributed by atoms with Gasteiger partial charge in [0.25, 0.3) is 0 Å². The van der Waals surface area contributed by atoms with E-state index < -0.39 is 0 Å². The standard InChI is InChI=1S/C25H24FIN4O2/c1-13(2)31-23-17(11-19(33-3)20(22(23)26)15-6-8-30(27)9-7-15)24(32)21-16-5-4-14(12-28)10-18(16)29-25(21)31/h4-5,10-11,13,15,29H,6-9H2,1-3H3. The maximum Gasteiger partial charge on any atom is 0.199 e. The summed E-state index contributed by atoms with van der Waals surface area (Å²) >= 11 is 2.30. The fraction of sp³-hybridized carbons (Fsp3) is 0.360. The van der Waals surface area contributed by atoms with Gasteiger partial charge in [-0.3, -0.25) is 4.79 Å². The van der Waals surface area contributed by atoms with E-state index in [1.54, 1.807) is 24.3 Å². The van der Waals surface area contributed by atoms with Gasteiger partial charge in [-0.05, 0) is 50.8 Å². The van der Waals surface area contributed by atoms with Crippen LogP contribution in [0.1, 0.15) is 49.8 Å². The number of hydrogen-bond acceptors (Lipinski definition) is 4. The molecule has 8 heteroatoms. The number of aromatic amines is 1. The van der Waals surface area contributed by atoms with Crippen molar-refractivity contribution in [2.24, 2.45) is 0 Å². The number of H-pyrrole nitrogens is 1. The molecular weight excluding hydrogens is 534 g/mol. The predicted molar refractivity (Wildman–Crippen MR) is 137 cm³/mol. The molecular formula is C25H24FIN4O2. The number of nitrogens with one attached hydrogen (secondary N) is 1. The first kappa shape index (κ1) is 22.2. The quantitative estimate of drug-likeness (QED) is 0.256. The zero-order valence-corrected chi connectivity index (χ0v) is 20.9. The van der Waals surface area contributed by atoms with Gasteiger partial charge in [-0.1, -0.05) is 6.07 Å². The molecule has 1 N–H and O–H groups in total. The molecule has 0 aliphatic carbocycles. The molecule has 2 aromatic heterocycles. The summed E-state index contributed by atoms with van der Waals surface area (Å²) in [5.74, 6) is 0.0910. The monoisotopic (exact) mass is 558 g/mol. The van der Waals surface area contributed by atoms with Crippen molar-refractivity contribution in [3.63, 3.8) is 0 Å². The summed E-state index contributed by atoms with van der Waals surface area (Å²) in [6.45, 7) is 5.72. The highest BCUT2D eigenvalue weighted by Crippen LogP contribution is 2.41. The van der Waals surface area contributed by atoms with Gasteiger partial charge in [0, 0.05) is 58.5 Å². The summed E-state index contributed by atoms with van der Waals surface area (Å²) < 4.78 is 26.1. The van der Waals surface area contributed by atoms with Crippen LogP contribution in [0.3, 0.4) is 0 Å². The number of piperidine rings is 1. The second-order valence-electron chi connectivity index (χ2n) is 8.90. The fourth-order valence-electron chi connectivity index (χ4n) is 5.15. The first-order valence-electron chi connectivity index (χ1n) is 11.1. The normalized spacial score (nSPS) is 15.7. The molecule has 5 rings (SSSR count). The zero-order valence-electron chi connectivity index (χ0n) is 18.7. The number of pyridine rings is 1. The van der Waals surface area contributed by atoms with E-state index in [1.807, 2.05) is 18.4 Å². The van der Waals surface area contributed by atoms with Crippen LogP contribution in [0, 0.1) is 17.1 Å². The van der Waals surface area contributed by atoms with Crippen molar-refractivity contribution in [3.05, 3.63) is 51.4 Å². The third-order valence-electron chi connectivity index (χ3n) is 6.69. The fourth-order valence-corrected chi connectivity index (χ4v) is 5.71. The Balaban J connectivity index is 1.92. The molecule has 0 spiro atoms. The minimum absolute atomic E-state index is 0.0303. The van der Waals surface area contributed by atoms with E-state index >= 15 is 4.39 Å².